The Bertz CT molecular complexity index is 1630. The summed E-state index contributed by atoms with van der Waals surface area (Å²) in [6.45, 7) is 6.22. The first-order chi connectivity index (χ1) is 16.7. The lowest BCUT2D eigenvalue weighted by atomic mass is 9.88. The summed E-state index contributed by atoms with van der Waals surface area (Å²) >= 11 is 3.45. The highest BCUT2D eigenvalue weighted by Gasteiger charge is 2.34. The fraction of sp³-hybridized carbons (Fsp3) is 0.222. The first kappa shape index (κ1) is 22.0. The van der Waals surface area contributed by atoms with Gasteiger partial charge in [-0.15, -0.1) is 0 Å². The standard InChI is InChI=1S/C27H21BrN2O5/c1-13-19(26(31)32)20(14-4-6-16(28)7-5-14)24-23(29-13)21-17-10-27(2,3)34-12-18(17)22(30-25(21)35-24)15-8-9-33-11-15/h4-9,11H,10,12H2,1-3H3,(H,31,32). The maximum Gasteiger partial charge on any atom is 0.338 e. The predicted octanol–water partition coefficient (Wildman–Crippen LogP) is 6.92. The van der Waals surface area contributed by atoms with Gasteiger partial charge in [0, 0.05) is 27.6 Å². The van der Waals surface area contributed by atoms with Gasteiger partial charge < -0.3 is 18.7 Å². The second-order valence-corrected chi connectivity index (χ2v) is 10.3. The number of hydrogen-bond acceptors (Lipinski definition) is 6. The zero-order valence-corrected chi connectivity index (χ0v) is 20.9. The molecule has 35 heavy (non-hydrogen) atoms. The minimum absolute atomic E-state index is 0.117. The zero-order valence-electron chi connectivity index (χ0n) is 19.3. The van der Waals surface area contributed by atoms with Crippen LogP contribution in [0.15, 0.2) is 56.2 Å². The molecule has 1 N–H and O–H groups in total. The molecular formula is C27H21BrN2O5. The Hall–Kier alpha value is -3.49. The average Bonchev–Trinajstić information content (AvgIpc) is 3.45. The Morgan fingerprint density at radius 1 is 1.09 bits per heavy atom. The van der Waals surface area contributed by atoms with E-state index in [-0.39, 0.29) is 11.2 Å². The monoisotopic (exact) mass is 532 g/mol. The summed E-state index contributed by atoms with van der Waals surface area (Å²) in [6.07, 6.45) is 3.89. The summed E-state index contributed by atoms with van der Waals surface area (Å²) in [6, 6.07) is 9.35. The molecule has 0 saturated carbocycles. The summed E-state index contributed by atoms with van der Waals surface area (Å²) < 4.78 is 18.7. The number of carboxylic acid groups (broad SMARTS) is 1. The Morgan fingerprint density at radius 3 is 2.54 bits per heavy atom. The van der Waals surface area contributed by atoms with Gasteiger partial charge in [0.2, 0.25) is 5.71 Å². The number of nitrogens with zero attached hydrogens (tertiary/aromatic N) is 2. The normalized spacial score (nSPS) is 15.0. The molecule has 6 rings (SSSR count). The van der Waals surface area contributed by atoms with Crippen LogP contribution in [-0.2, 0) is 17.8 Å². The highest BCUT2D eigenvalue weighted by molar-refractivity contribution is 9.10. The van der Waals surface area contributed by atoms with Crippen molar-refractivity contribution in [1.82, 2.24) is 9.97 Å². The summed E-state index contributed by atoms with van der Waals surface area (Å²) in [5.74, 6) is -1.06. The topological polar surface area (TPSA) is 98.6 Å². The van der Waals surface area contributed by atoms with Gasteiger partial charge in [-0.05, 0) is 50.1 Å². The number of aromatic carboxylic acids is 1. The van der Waals surface area contributed by atoms with Gasteiger partial charge in [0.25, 0.3) is 0 Å². The first-order valence-corrected chi connectivity index (χ1v) is 12.0. The van der Waals surface area contributed by atoms with Crippen molar-refractivity contribution in [1.29, 1.82) is 0 Å². The molecule has 0 bridgehead atoms. The summed E-state index contributed by atoms with van der Waals surface area (Å²) in [7, 11) is 0. The molecular weight excluding hydrogens is 512 g/mol. The highest BCUT2D eigenvalue weighted by atomic mass is 79.9. The van der Waals surface area contributed by atoms with Crippen LogP contribution >= 0.6 is 15.9 Å². The summed E-state index contributed by atoms with van der Waals surface area (Å²) in [5.41, 5.74) is 6.40. The fourth-order valence-corrected chi connectivity index (χ4v) is 5.17. The number of hydrogen-bond donors (Lipinski definition) is 1. The van der Waals surface area contributed by atoms with Crippen molar-refractivity contribution < 1.29 is 23.5 Å². The van der Waals surface area contributed by atoms with E-state index in [2.05, 4.69) is 29.8 Å². The molecule has 5 aromatic rings. The van der Waals surface area contributed by atoms with Gasteiger partial charge in [0.05, 0.1) is 47.1 Å². The van der Waals surface area contributed by atoms with Gasteiger partial charge in [-0.3, -0.25) is 0 Å². The first-order valence-electron chi connectivity index (χ1n) is 11.2. The van der Waals surface area contributed by atoms with Crippen LogP contribution in [0.3, 0.4) is 0 Å². The van der Waals surface area contributed by atoms with Crippen molar-refractivity contribution in [3.8, 4) is 22.4 Å². The van der Waals surface area contributed by atoms with E-state index in [1.54, 1.807) is 19.5 Å². The summed E-state index contributed by atoms with van der Waals surface area (Å²) in [4.78, 5) is 22.0. The van der Waals surface area contributed by atoms with E-state index in [0.29, 0.717) is 41.1 Å². The van der Waals surface area contributed by atoms with E-state index in [1.165, 1.54) is 0 Å². The molecule has 0 atom stereocenters. The van der Waals surface area contributed by atoms with Crippen LogP contribution in [0.5, 0.6) is 0 Å². The number of carboxylic acids is 1. The third-order valence-corrected chi connectivity index (χ3v) is 7.03. The second-order valence-electron chi connectivity index (χ2n) is 9.37. The Kier molecular flexibility index (Phi) is 4.88. The third kappa shape index (κ3) is 3.47. The molecule has 1 aliphatic heterocycles. The SMILES string of the molecule is Cc1nc2c(oc3nc(-c4ccoc4)c4c(c32)CC(C)(C)OC4)c(-c2ccc(Br)cc2)c1C(=O)O. The number of fused-ring (bicyclic) bond motifs is 5. The van der Waals surface area contributed by atoms with Crippen LogP contribution in [0, 0.1) is 6.92 Å². The lowest BCUT2D eigenvalue weighted by Crippen LogP contribution is -2.32. The van der Waals surface area contributed by atoms with E-state index < -0.39 is 5.97 Å². The number of ether oxygens (including phenoxy) is 1. The lowest BCUT2D eigenvalue weighted by molar-refractivity contribution is -0.0395. The van der Waals surface area contributed by atoms with Crippen molar-refractivity contribution >= 4 is 44.1 Å². The largest absolute Gasteiger partial charge is 0.478 e. The average molecular weight is 533 g/mol. The molecule has 1 aliphatic rings. The number of carbonyl (C=O) groups is 1. The van der Waals surface area contributed by atoms with Crippen LogP contribution in [0.2, 0.25) is 0 Å². The van der Waals surface area contributed by atoms with Gasteiger partial charge >= 0.3 is 5.97 Å². The van der Waals surface area contributed by atoms with Crippen molar-refractivity contribution in [2.75, 3.05) is 0 Å². The Morgan fingerprint density at radius 2 is 1.86 bits per heavy atom. The molecule has 7 nitrogen and oxygen atoms in total. The van der Waals surface area contributed by atoms with E-state index in [0.717, 1.165) is 37.8 Å². The molecule has 5 heterocycles. The van der Waals surface area contributed by atoms with Gasteiger partial charge in [-0.2, -0.15) is 0 Å². The van der Waals surface area contributed by atoms with Crippen LogP contribution in [0.1, 0.15) is 41.0 Å². The number of halogens is 1. The molecule has 0 spiro atoms. The maximum absolute atomic E-state index is 12.3. The van der Waals surface area contributed by atoms with Crippen molar-refractivity contribution in [3.63, 3.8) is 0 Å². The molecule has 0 unspecified atom stereocenters. The smallest absolute Gasteiger partial charge is 0.338 e. The molecule has 0 radical (unpaired) electrons. The molecule has 0 fully saturated rings. The van der Waals surface area contributed by atoms with Crippen molar-refractivity contribution in [2.45, 2.75) is 39.4 Å². The zero-order chi connectivity index (χ0) is 24.5. The molecule has 0 amide bonds. The Labute approximate surface area is 208 Å². The lowest BCUT2D eigenvalue weighted by Gasteiger charge is -2.32. The molecule has 0 aliphatic carbocycles. The van der Waals surface area contributed by atoms with Crippen LogP contribution in [-0.4, -0.2) is 26.6 Å². The third-order valence-electron chi connectivity index (χ3n) is 6.50. The van der Waals surface area contributed by atoms with Crippen LogP contribution in [0.25, 0.3) is 44.6 Å². The molecule has 8 heteroatoms. The minimum atomic E-state index is -1.06. The van der Waals surface area contributed by atoms with Crippen molar-refractivity contribution in [3.05, 3.63) is 69.7 Å². The van der Waals surface area contributed by atoms with Crippen LogP contribution in [0.4, 0.5) is 0 Å². The van der Waals surface area contributed by atoms with E-state index in [4.69, 9.17) is 23.5 Å². The quantitative estimate of drug-likeness (QED) is 0.269. The predicted molar refractivity (Wildman–Crippen MR) is 134 cm³/mol. The number of aromatic nitrogens is 2. The maximum atomic E-state index is 12.3. The molecule has 4 aromatic heterocycles. The number of benzene rings is 1. The second kappa shape index (κ2) is 7.76. The highest BCUT2D eigenvalue weighted by Crippen LogP contribution is 2.44. The number of furan rings is 2. The van der Waals surface area contributed by atoms with Gasteiger partial charge in [0.15, 0.2) is 5.58 Å². The molecule has 1 aromatic carbocycles. The minimum Gasteiger partial charge on any atom is -0.478 e. The number of pyridine rings is 2. The fourth-order valence-electron chi connectivity index (χ4n) is 4.91. The van der Waals surface area contributed by atoms with Gasteiger partial charge in [0.1, 0.15) is 5.52 Å². The van der Waals surface area contributed by atoms with E-state index in [9.17, 15) is 9.90 Å². The molecule has 176 valence electrons. The van der Waals surface area contributed by atoms with Gasteiger partial charge in [-0.1, -0.05) is 28.1 Å². The Balaban J connectivity index is 1.77. The summed E-state index contributed by atoms with van der Waals surface area (Å²) in [5, 5.41) is 10.9. The van der Waals surface area contributed by atoms with Crippen LogP contribution < -0.4 is 0 Å². The van der Waals surface area contributed by atoms with E-state index >= 15 is 0 Å². The number of rotatable bonds is 3. The van der Waals surface area contributed by atoms with Crippen molar-refractivity contribution in [2.24, 2.45) is 0 Å². The number of aryl methyl sites for hydroxylation is 1. The van der Waals surface area contributed by atoms with E-state index in [1.807, 2.05) is 30.3 Å². The molecule has 0 saturated heterocycles. The van der Waals surface area contributed by atoms with Gasteiger partial charge in [-0.25, -0.2) is 14.8 Å².